The number of aromatic nitrogens is 4. The summed E-state index contributed by atoms with van der Waals surface area (Å²) in [4.78, 5) is 12.4. The third-order valence-corrected chi connectivity index (χ3v) is 3.10. The van der Waals surface area contributed by atoms with E-state index in [9.17, 15) is 9.18 Å². The Morgan fingerprint density at radius 1 is 1.18 bits per heavy atom. The van der Waals surface area contributed by atoms with Crippen LogP contribution in [0.1, 0.15) is 15.9 Å². The zero-order chi connectivity index (χ0) is 15.5. The molecule has 110 valence electrons. The van der Waals surface area contributed by atoms with E-state index in [2.05, 4.69) is 15.4 Å². The fourth-order valence-corrected chi connectivity index (χ4v) is 1.99. The molecule has 0 aliphatic rings. The maximum atomic E-state index is 13.2. The van der Waals surface area contributed by atoms with Gasteiger partial charge in [-0.25, -0.2) is 4.39 Å². The van der Waals surface area contributed by atoms with Gasteiger partial charge in [0.1, 0.15) is 5.82 Å². The number of tetrazole rings is 1. The number of carbonyl (C=O) groups is 1. The molecular formula is C15H12FN5O. The molecule has 0 spiro atoms. The molecule has 7 heteroatoms. The molecule has 3 rings (SSSR count). The first kappa shape index (κ1) is 13.9. The minimum Gasteiger partial charge on any atom is -0.366 e. The van der Waals surface area contributed by atoms with Crippen molar-refractivity contribution in [1.29, 1.82) is 0 Å². The molecule has 1 amide bonds. The molecule has 0 fully saturated rings. The molecule has 0 bridgehead atoms. The number of hydrogen-bond donors (Lipinski definition) is 1. The molecule has 0 aliphatic heterocycles. The van der Waals surface area contributed by atoms with Crippen molar-refractivity contribution in [3.05, 3.63) is 65.5 Å². The van der Waals surface area contributed by atoms with Crippen LogP contribution < -0.4 is 5.73 Å². The van der Waals surface area contributed by atoms with Crippen LogP contribution in [-0.4, -0.2) is 26.1 Å². The molecule has 3 aromatic rings. The van der Waals surface area contributed by atoms with Crippen LogP contribution in [0.2, 0.25) is 0 Å². The van der Waals surface area contributed by atoms with Gasteiger partial charge in [-0.2, -0.15) is 4.80 Å². The molecular weight excluding hydrogens is 285 g/mol. The first-order valence-electron chi connectivity index (χ1n) is 6.54. The number of benzene rings is 2. The minimum absolute atomic E-state index is 0.351. The van der Waals surface area contributed by atoms with Crippen molar-refractivity contribution in [3.8, 4) is 11.4 Å². The second-order valence-electron chi connectivity index (χ2n) is 4.71. The van der Waals surface area contributed by atoms with Crippen molar-refractivity contribution in [2.24, 2.45) is 5.73 Å². The lowest BCUT2D eigenvalue weighted by Gasteiger charge is -2.01. The van der Waals surface area contributed by atoms with Crippen LogP contribution in [0.3, 0.4) is 0 Å². The number of hydrogen-bond acceptors (Lipinski definition) is 4. The highest BCUT2D eigenvalue weighted by atomic mass is 19.1. The molecule has 6 nitrogen and oxygen atoms in total. The van der Waals surface area contributed by atoms with E-state index in [4.69, 9.17) is 5.73 Å². The second-order valence-corrected chi connectivity index (χ2v) is 4.71. The van der Waals surface area contributed by atoms with Crippen LogP contribution >= 0.6 is 0 Å². The van der Waals surface area contributed by atoms with E-state index in [1.54, 1.807) is 36.4 Å². The summed E-state index contributed by atoms with van der Waals surface area (Å²) in [7, 11) is 0. The lowest BCUT2D eigenvalue weighted by atomic mass is 10.1. The number of halogens is 1. The van der Waals surface area contributed by atoms with Crippen LogP contribution in [0.4, 0.5) is 4.39 Å². The van der Waals surface area contributed by atoms with Crippen LogP contribution in [-0.2, 0) is 6.54 Å². The maximum Gasteiger partial charge on any atom is 0.248 e. The SMILES string of the molecule is NC(=O)c1ccc(Cn2nnc(-c3cccc(F)c3)n2)cc1. The molecule has 0 atom stereocenters. The summed E-state index contributed by atoms with van der Waals surface area (Å²) in [6, 6.07) is 12.8. The van der Waals surface area contributed by atoms with Gasteiger partial charge >= 0.3 is 0 Å². The molecule has 2 aromatic carbocycles. The van der Waals surface area contributed by atoms with E-state index in [0.717, 1.165) is 5.56 Å². The monoisotopic (exact) mass is 297 g/mol. The molecule has 1 aromatic heterocycles. The van der Waals surface area contributed by atoms with Gasteiger partial charge in [0, 0.05) is 11.1 Å². The average Bonchev–Trinajstić information content (AvgIpc) is 2.96. The molecule has 2 N–H and O–H groups in total. The zero-order valence-electron chi connectivity index (χ0n) is 11.5. The predicted molar refractivity (Wildman–Crippen MR) is 77.3 cm³/mol. The molecule has 0 saturated heterocycles. The number of carbonyl (C=O) groups excluding carboxylic acids is 1. The highest BCUT2D eigenvalue weighted by Crippen LogP contribution is 2.14. The Balaban J connectivity index is 1.78. The van der Waals surface area contributed by atoms with Gasteiger partial charge in [-0.1, -0.05) is 24.3 Å². The Hall–Kier alpha value is -3.09. The number of primary amides is 1. The zero-order valence-corrected chi connectivity index (χ0v) is 11.5. The van der Waals surface area contributed by atoms with Gasteiger partial charge in [-0.3, -0.25) is 4.79 Å². The molecule has 0 aliphatic carbocycles. The number of amides is 1. The second kappa shape index (κ2) is 5.72. The summed E-state index contributed by atoms with van der Waals surface area (Å²) in [6.45, 7) is 0.390. The van der Waals surface area contributed by atoms with Gasteiger partial charge in [0.25, 0.3) is 0 Å². The topological polar surface area (TPSA) is 86.7 Å². The molecule has 0 unspecified atom stereocenters. The van der Waals surface area contributed by atoms with Gasteiger partial charge < -0.3 is 5.73 Å². The highest BCUT2D eigenvalue weighted by Gasteiger charge is 2.07. The lowest BCUT2D eigenvalue weighted by Crippen LogP contribution is -2.11. The van der Waals surface area contributed by atoms with Crippen molar-refractivity contribution < 1.29 is 9.18 Å². The van der Waals surface area contributed by atoms with Gasteiger partial charge in [-0.05, 0) is 35.0 Å². The summed E-state index contributed by atoms with van der Waals surface area (Å²) in [5.74, 6) is -0.469. The van der Waals surface area contributed by atoms with E-state index < -0.39 is 5.91 Å². The van der Waals surface area contributed by atoms with E-state index >= 15 is 0 Å². The largest absolute Gasteiger partial charge is 0.366 e. The van der Waals surface area contributed by atoms with Gasteiger partial charge in [0.2, 0.25) is 11.7 Å². The lowest BCUT2D eigenvalue weighted by molar-refractivity contribution is 0.100. The van der Waals surface area contributed by atoms with E-state index in [1.165, 1.54) is 16.9 Å². The highest BCUT2D eigenvalue weighted by molar-refractivity contribution is 5.92. The number of nitrogens with two attached hydrogens (primary N) is 1. The Bertz CT molecular complexity index is 813. The smallest absolute Gasteiger partial charge is 0.248 e. The average molecular weight is 297 g/mol. The van der Waals surface area contributed by atoms with Crippen LogP contribution in [0, 0.1) is 5.82 Å². The minimum atomic E-state index is -0.473. The summed E-state index contributed by atoms with van der Waals surface area (Å²) in [5, 5.41) is 12.1. The quantitative estimate of drug-likeness (QED) is 0.793. The summed E-state index contributed by atoms with van der Waals surface area (Å²) < 4.78 is 13.2. The molecule has 1 heterocycles. The van der Waals surface area contributed by atoms with Crippen LogP contribution in [0.25, 0.3) is 11.4 Å². The van der Waals surface area contributed by atoms with Crippen molar-refractivity contribution >= 4 is 5.91 Å². The Labute approximate surface area is 125 Å². The maximum absolute atomic E-state index is 13.2. The van der Waals surface area contributed by atoms with Crippen LogP contribution in [0.15, 0.2) is 48.5 Å². The first-order chi connectivity index (χ1) is 10.6. The fraction of sp³-hybridized carbons (Fsp3) is 0.0667. The number of nitrogens with zero attached hydrogens (tertiary/aromatic N) is 4. The van der Waals surface area contributed by atoms with E-state index in [-0.39, 0.29) is 5.82 Å². The third-order valence-electron chi connectivity index (χ3n) is 3.10. The Kier molecular flexibility index (Phi) is 3.61. The Morgan fingerprint density at radius 3 is 2.64 bits per heavy atom. The standard InChI is InChI=1S/C15H12FN5O/c16-13-3-1-2-12(8-13)15-18-20-21(19-15)9-10-4-6-11(7-5-10)14(17)22/h1-8H,9H2,(H2,17,22). The molecule has 0 radical (unpaired) electrons. The fourth-order valence-electron chi connectivity index (χ4n) is 1.99. The van der Waals surface area contributed by atoms with E-state index in [1.807, 2.05) is 0 Å². The predicted octanol–water partition coefficient (Wildman–Crippen LogP) is 1.63. The van der Waals surface area contributed by atoms with Crippen molar-refractivity contribution in [2.45, 2.75) is 6.54 Å². The normalized spacial score (nSPS) is 10.6. The summed E-state index contributed by atoms with van der Waals surface area (Å²) in [5.41, 5.74) is 7.09. The van der Waals surface area contributed by atoms with Crippen molar-refractivity contribution in [1.82, 2.24) is 20.2 Å². The third kappa shape index (κ3) is 2.98. The first-order valence-corrected chi connectivity index (χ1v) is 6.54. The van der Waals surface area contributed by atoms with Crippen LogP contribution in [0.5, 0.6) is 0 Å². The molecule has 22 heavy (non-hydrogen) atoms. The Morgan fingerprint density at radius 2 is 1.95 bits per heavy atom. The van der Waals surface area contributed by atoms with E-state index in [0.29, 0.717) is 23.5 Å². The summed E-state index contributed by atoms with van der Waals surface area (Å²) in [6.07, 6.45) is 0. The molecule has 0 saturated carbocycles. The van der Waals surface area contributed by atoms with Gasteiger partial charge in [0.15, 0.2) is 0 Å². The van der Waals surface area contributed by atoms with Gasteiger partial charge in [-0.15, -0.1) is 10.2 Å². The van der Waals surface area contributed by atoms with Crippen molar-refractivity contribution in [3.63, 3.8) is 0 Å². The summed E-state index contributed by atoms with van der Waals surface area (Å²) >= 11 is 0. The number of rotatable bonds is 4. The van der Waals surface area contributed by atoms with Gasteiger partial charge in [0.05, 0.1) is 6.54 Å². The van der Waals surface area contributed by atoms with Crippen molar-refractivity contribution in [2.75, 3.05) is 0 Å².